The number of rotatable bonds is 5. The lowest BCUT2D eigenvalue weighted by atomic mass is 9.81. The van der Waals surface area contributed by atoms with E-state index < -0.39 is 17.8 Å². The van der Waals surface area contributed by atoms with Crippen LogP contribution in [0.4, 0.5) is 9.59 Å². The Labute approximate surface area is 167 Å². The maximum atomic E-state index is 12.2. The molecule has 1 aromatic rings. The van der Waals surface area contributed by atoms with E-state index in [1.165, 1.54) is 0 Å². The molecule has 28 heavy (non-hydrogen) atoms. The molecule has 0 aromatic heterocycles. The summed E-state index contributed by atoms with van der Waals surface area (Å²) in [5, 5.41) is 5.93. The lowest BCUT2D eigenvalue weighted by molar-refractivity contribution is 0.0480. The monoisotopic (exact) mass is 388 g/mol. The van der Waals surface area contributed by atoms with E-state index in [9.17, 15) is 9.59 Å². The largest absolute Gasteiger partial charge is 0.445 e. The Morgan fingerprint density at radius 2 is 1.82 bits per heavy atom. The summed E-state index contributed by atoms with van der Waals surface area (Å²) in [4.78, 5) is 24.2. The zero-order chi connectivity index (χ0) is 20.6. The summed E-state index contributed by atoms with van der Waals surface area (Å²) < 4.78 is 10.7. The zero-order valence-electron chi connectivity index (χ0n) is 17.2. The van der Waals surface area contributed by atoms with Crippen LogP contribution in [0.3, 0.4) is 0 Å². The van der Waals surface area contributed by atoms with Crippen molar-refractivity contribution < 1.29 is 19.1 Å². The molecule has 0 bridgehead atoms. The van der Waals surface area contributed by atoms with E-state index in [0.29, 0.717) is 0 Å². The van der Waals surface area contributed by atoms with Crippen molar-refractivity contribution in [2.45, 2.75) is 71.2 Å². The van der Waals surface area contributed by atoms with E-state index in [1.54, 1.807) is 0 Å². The van der Waals surface area contributed by atoms with E-state index >= 15 is 0 Å². The maximum Gasteiger partial charge on any atom is 0.407 e. The molecule has 1 aliphatic rings. The van der Waals surface area contributed by atoms with Crippen LogP contribution in [0.1, 0.15) is 52.5 Å². The number of nitrogens with one attached hydrogen (secondary N) is 2. The number of carbonyl (C=O) groups is 2. The number of alkyl carbamates (subject to hydrolysis) is 2. The fourth-order valence-corrected chi connectivity index (χ4v) is 3.37. The van der Waals surface area contributed by atoms with Crippen LogP contribution in [0.25, 0.3) is 0 Å². The van der Waals surface area contributed by atoms with Crippen molar-refractivity contribution >= 4 is 12.2 Å². The summed E-state index contributed by atoms with van der Waals surface area (Å²) in [6, 6.07) is 9.60. The van der Waals surface area contributed by atoms with Gasteiger partial charge in [0.25, 0.3) is 0 Å². The molecule has 0 aliphatic heterocycles. The Balaban J connectivity index is 1.84. The van der Waals surface area contributed by atoms with Crippen molar-refractivity contribution in [1.29, 1.82) is 0 Å². The summed E-state index contributed by atoms with van der Waals surface area (Å²) >= 11 is 0. The molecule has 0 saturated heterocycles. The third-order valence-corrected chi connectivity index (χ3v) is 4.58. The molecule has 2 N–H and O–H groups in total. The highest BCUT2D eigenvalue weighted by Crippen LogP contribution is 2.26. The number of hydrogen-bond acceptors (Lipinski definition) is 4. The molecule has 0 heterocycles. The molecule has 3 atom stereocenters. The summed E-state index contributed by atoms with van der Waals surface area (Å²) in [6.45, 7) is 7.73. The molecular formula is C22H32N2O4. The highest BCUT2D eigenvalue weighted by atomic mass is 16.6. The van der Waals surface area contributed by atoms with Gasteiger partial charge < -0.3 is 20.1 Å². The molecule has 0 radical (unpaired) electrons. The third-order valence-electron chi connectivity index (χ3n) is 4.58. The van der Waals surface area contributed by atoms with E-state index in [0.717, 1.165) is 24.8 Å². The van der Waals surface area contributed by atoms with Crippen LogP contribution < -0.4 is 10.6 Å². The van der Waals surface area contributed by atoms with Gasteiger partial charge in [-0.15, -0.1) is 0 Å². The molecule has 0 unspecified atom stereocenters. The Morgan fingerprint density at radius 1 is 1.11 bits per heavy atom. The summed E-state index contributed by atoms with van der Waals surface area (Å²) in [5.41, 5.74) is 0.432. The van der Waals surface area contributed by atoms with Gasteiger partial charge in [-0.1, -0.05) is 42.5 Å². The first-order valence-corrected chi connectivity index (χ1v) is 9.86. The average molecular weight is 389 g/mol. The topological polar surface area (TPSA) is 76.7 Å². The van der Waals surface area contributed by atoms with E-state index in [1.807, 2.05) is 64.1 Å². The highest BCUT2D eigenvalue weighted by molar-refractivity contribution is 5.68. The van der Waals surface area contributed by atoms with E-state index in [4.69, 9.17) is 9.47 Å². The minimum Gasteiger partial charge on any atom is -0.445 e. The lowest BCUT2D eigenvalue weighted by Crippen LogP contribution is -2.49. The average Bonchev–Trinajstić information content (AvgIpc) is 2.61. The third kappa shape index (κ3) is 7.62. The minimum absolute atomic E-state index is 0.0174. The van der Waals surface area contributed by atoms with Gasteiger partial charge in [0.2, 0.25) is 0 Å². The number of ether oxygens (including phenoxy) is 2. The van der Waals surface area contributed by atoms with Gasteiger partial charge in [-0.05, 0) is 58.4 Å². The summed E-state index contributed by atoms with van der Waals surface area (Å²) in [5.74, 6) is 0.128. The van der Waals surface area contributed by atoms with Crippen molar-refractivity contribution in [2.75, 3.05) is 0 Å². The maximum absolute atomic E-state index is 12.2. The lowest BCUT2D eigenvalue weighted by Gasteiger charge is -2.35. The highest BCUT2D eigenvalue weighted by Gasteiger charge is 2.32. The quantitative estimate of drug-likeness (QED) is 0.726. The van der Waals surface area contributed by atoms with Gasteiger partial charge in [0.1, 0.15) is 12.2 Å². The molecule has 1 saturated carbocycles. The van der Waals surface area contributed by atoms with Crippen molar-refractivity contribution in [2.24, 2.45) is 5.92 Å². The zero-order valence-corrected chi connectivity index (χ0v) is 17.2. The second kappa shape index (κ2) is 10.2. The number of carbonyl (C=O) groups excluding carboxylic acids is 2. The minimum atomic E-state index is -0.520. The van der Waals surface area contributed by atoms with Crippen LogP contribution in [0, 0.1) is 5.92 Å². The number of benzene rings is 1. The van der Waals surface area contributed by atoms with E-state index in [2.05, 4.69) is 16.7 Å². The Hall–Kier alpha value is -2.50. The van der Waals surface area contributed by atoms with Gasteiger partial charge in [-0.3, -0.25) is 0 Å². The van der Waals surface area contributed by atoms with Crippen molar-refractivity contribution in [3.05, 3.63) is 48.0 Å². The first-order valence-electron chi connectivity index (χ1n) is 9.86. The first-order chi connectivity index (χ1) is 13.3. The molecule has 0 spiro atoms. The normalized spacial score (nSPS) is 22.5. The summed E-state index contributed by atoms with van der Waals surface area (Å²) in [6.07, 6.45) is 5.52. The van der Waals surface area contributed by atoms with Crippen molar-refractivity contribution in [3.63, 3.8) is 0 Å². The molecule has 6 nitrogen and oxygen atoms in total. The predicted octanol–water partition coefficient (Wildman–Crippen LogP) is 4.55. The molecular weight excluding hydrogens is 356 g/mol. The van der Waals surface area contributed by atoms with Crippen molar-refractivity contribution in [3.8, 4) is 0 Å². The van der Waals surface area contributed by atoms with Crippen LogP contribution in [-0.2, 0) is 16.1 Å². The van der Waals surface area contributed by atoms with Gasteiger partial charge >= 0.3 is 12.2 Å². The molecule has 1 fully saturated rings. The predicted molar refractivity (Wildman–Crippen MR) is 109 cm³/mol. The Bertz CT molecular complexity index is 667. The SMILES string of the molecule is CC=C[C@H]1C[C@H](NC(=O)OC(C)(C)C)CC[C@@H]1NC(=O)OCc1ccccc1. The van der Waals surface area contributed by atoms with Gasteiger partial charge in [0, 0.05) is 12.1 Å². The Kier molecular flexibility index (Phi) is 7.91. The van der Waals surface area contributed by atoms with Crippen LogP contribution in [-0.4, -0.2) is 29.9 Å². The van der Waals surface area contributed by atoms with Crippen LogP contribution >= 0.6 is 0 Å². The molecule has 154 valence electrons. The van der Waals surface area contributed by atoms with Gasteiger partial charge in [-0.25, -0.2) is 9.59 Å². The van der Waals surface area contributed by atoms with Gasteiger partial charge in [0.05, 0.1) is 0 Å². The number of allylic oxidation sites excluding steroid dienone is 1. The van der Waals surface area contributed by atoms with Crippen LogP contribution in [0.5, 0.6) is 0 Å². The van der Waals surface area contributed by atoms with E-state index in [-0.39, 0.29) is 24.6 Å². The van der Waals surface area contributed by atoms with Crippen LogP contribution in [0.15, 0.2) is 42.5 Å². The molecule has 2 rings (SSSR count). The van der Waals surface area contributed by atoms with Crippen molar-refractivity contribution in [1.82, 2.24) is 10.6 Å². The summed E-state index contributed by atoms with van der Waals surface area (Å²) in [7, 11) is 0. The fraction of sp³-hybridized carbons (Fsp3) is 0.545. The molecule has 2 amide bonds. The number of amides is 2. The second-order valence-electron chi connectivity index (χ2n) is 8.16. The number of hydrogen-bond donors (Lipinski definition) is 2. The first kappa shape index (κ1) is 21.8. The van der Waals surface area contributed by atoms with Crippen LogP contribution in [0.2, 0.25) is 0 Å². The second-order valence-corrected chi connectivity index (χ2v) is 8.16. The molecule has 6 heteroatoms. The molecule has 1 aliphatic carbocycles. The van der Waals surface area contributed by atoms with Gasteiger partial charge in [0.15, 0.2) is 0 Å². The fourth-order valence-electron chi connectivity index (χ4n) is 3.37. The molecule has 1 aromatic carbocycles. The Morgan fingerprint density at radius 3 is 2.46 bits per heavy atom. The standard InChI is InChI=1S/C22H32N2O4/c1-5-9-17-14-18(23-21(26)28-22(2,3)4)12-13-19(17)24-20(25)27-15-16-10-7-6-8-11-16/h5-11,17-19H,12-15H2,1-4H3,(H,23,26)(H,24,25)/t17-,18+,19-/m0/s1. The smallest absolute Gasteiger partial charge is 0.407 e. The van der Waals surface area contributed by atoms with Gasteiger partial charge in [-0.2, -0.15) is 0 Å².